The largest absolute Gasteiger partial charge is 0.372 e. The van der Waals surface area contributed by atoms with Crippen molar-refractivity contribution in [2.24, 2.45) is 0 Å². The maximum Gasteiger partial charge on any atom is 0.225 e. The summed E-state index contributed by atoms with van der Waals surface area (Å²) >= 11 is 0. The Labute approximate surface area is 119 Å². The Balaban J connectivity index is 1.56. The highest BCUT2D eigenvalue weighted by Crippen LogP contribution is 2.18. The fraction of sp³-hybridized carbons (Fsp3) is 0.375. The van der Waals surface area contributed by atoms with Gasteiger partial charge in [-0.3, -0.25) is 0 Å². The van der Waals surface area contributed by atoms with E-state index >= 15 is 0 Å². The minimum atomic E-state index is 0.257. The smallest absolute Gasteiger partial charge is 0.225 e. The fourth-order valence-corrected chi connectivity index (χ4v) is 2.50. The summed E-state index contributed by atoms with van der Waals surface area (Å²) in [6, 6.07) is 12.2. The second-order valence-corrected chi connectivity index (χ2v) is 5.06. The zero-order valence-corrected chi connectivity index (χ0v) is 11.5. The lowest BCUT2D eigenvalue weighted by Crippen LogP contribution is -2.40. The Kier molecular flexibility index (Phi) is 4.23. The molecule has 0 N–H and O–H groups in total. The van der Waals surface area contributed by atoms with Crippen LogP contribution < -0.4 is 4.90 Å². The third-order valence-corrected chi connectivity index (χ3v) is 3.54. The van der Waals surface area contributed by atoms with Gasteiger partial charge in [-0.05, 0) is 24.5 Å². The molecule has 0 radical (unpaired) electrons. The lowest BCUT2D eigenvalue weighted by molar-refractivity contribution is 0.0313. The van der Waals surface area contributed by atoms with Crippen LogP contribution in [0.25, 0.3) is 0 Å². The van der Waals surface area contributed by atoms with Gasteiger partial charge in [0.05, 0.1) is 12.7 Å². The van der Waals surface area contributed by atoms with Crippen molar-refractivity contribution in [2.75, 3.05) is 18.0 Å². The molecule has 104 valence electrons. The highest BCUT2D eigenvalue weighted by atomic mass is 16.5. The van der Waals surface area contributed by atoms with Gasteiger partial charge in [-0.2, -0.15) is 0 Å². The van der Waals surface area contributed by atoms with Crippen molar-refractivity contribution in [1.29, 1.82) is 0 Å². The molecule has 0 aliphatic carbocycles. The molecule has 0 saturated carbocycles. The van der Waals surface area contributed by atoms with Crippen LogP contribution >= 0.6 is 0 Å². The van der Waals surface area contributed by atoms with E-state index in [1.54, 1.807) is 12.4 Å². The second-order valence-electron chi connectivity index (χ2n) is 5.06. The van der Waals surface area contributed by atoms with Gasteiger partial charge in [-0.15, -0.1) is 0 Å². The first-order chi connectivity index (χ1) is 9.92. The van der Waals surface area contributed by atoms with Crippen LogP contribution in [-0.4, -0.2) is 29.2 Å². The standard InChI is InChI=1S/C16H19N3O/c1-2-6-14(7-3-1)13-20-15-8-4-11-19(12-15)16-17-9-5-10-18-16/h1-3,5-7,9-10,15H,4,8,11-13H2/t15-/m0/s1. The van der Waals surface area contributed by atoms with Gasteiger partial charge in [0.15, 0.2) is 0 Å². The summed E-state index contributed by atoms with van der Waals surface area (Å²) in [6.07, 6.45) is 6.06. The maximum atomic E-state index is 6.02. The highest BCUT2D eigenvalue weighted by Gasteiger charge is 2.21. The molecule has 1 aliphatic rings. The van der Waals surface area contributed by atoms with Crippen molar-refractivity contribution in [2.45, 2.75) is 25.6 Å². The molecule has 0 bridgehead atoms. The number of nitrogens with zero attached hydrogens (tertiary/aromatic N) is 3. The molecule has 1 atom stereocenters. The van der Waals surface area contributed by atoms with Gasteiger partial charge in [0.25, 0.3) is 0 Å². The third kappa shape index (κ3) is 3.33. The minimum Gasteiger partial charge on any atom is -0.372 e. The van der Waals surface area contributed by atoms with E-state index in [1.165, 1.54) is 5.56 Å². The predicted molar refractivity (Wildman–Crippen MR) is 78.5 cm³/mol. The Morgan fingerprint density at radius 2 is 1.90 bits per heavy atom. The topological polar surface area (TPSA) is 38.2 Å². The summed E-state index contributed by atoms with van der Waals surface area (Å²) in [5.41, 5.74) is 1.22. The van der Waals surface area contributed by atoms with Crippen molar-refractivity contribution in [3.63, 3.8) is 0 Å². The SMILES string of the molecule is c1ccc(CO[C@H]2CCCN(c3ncccn3)C2)cc1. The first-order valence-electron chi connectivity index (χ1n) is 7.09. The molecule has 1 fully saturated rings. The summed E-state index contributed by atoms with van der Waals surface area (Å²) in [6.45, 7) is 2.56. The Bertz CT molecular complexity index is 518. The van der Waals surface area contributed by atoms with Gasteiger partial charge < -0.3 is 9.64 Å². The van der Waals surface area contributed by atoms with Crippen molar-refractivity contribution < 1.29 is 4.74 Å². The van der Waals surface area contributed by atoms with Crippen LogP contribution in [0.1, 0.15) is 18.4 Å². The van der Waals surface area contributed by atoms with Crippen molar-refractivity contribution in [3.8, 4) is 0 Å². The molecular weight excluding hydrogens is 250 g/mol. The monoisotopic (exact) mass is 269 g/mol. The van der Waals surface area contributed by atoms with Crippen molar-refractivity contribution in [1.82, 2.24) is 9.97 Å². The number of ether oxygens (including phenoxy) is 1. The fourth-order valence-electron chi connectivity index (χ4n) is 2.50. The van der Waals surface area contributed by atoms with Gasteiger partial charge in [0.2, 0.25) is 5.95 Å². The molecule has 1 aliphatic heterocycles. The molecule has 4 heteroatoms. The summed E-state index contributed by atoms with van der Waals surface area (Å²) in [7, 11) is 0. The molecule has 1 saturated heterocycles. The van der Waals surface area contributed by atoms with Crippen LogP contribution in [0.2, 0.25) is 0 Å². The lowest BCUT2D eigenvalue weighted by Gasteiger charge is -2.32. The van der Waals surface area contributed by atoms with Crippen LogP contribution in [0.3, 0.4) is 0 Å². The first-order valence-corrected chi connectivity index (χ1v) is 7.09. The van der Waals surface area contributed by atoms with E-state index in [-0.39, 0.29) is 6.10 Å². The zero-order valence-electron chi connectivity index (χ0n) is 11.5. The van der Waals surface area contributed by atoms with Crippen LogP contribution in [0.4, 0.5) is 5.95 Å². The van der Waals surface area contributed by atoms with Gasteiger partial charge in [-0.25, -0.2) is 9.97 Å². The Hall–Kier alpha value is -1.94. The highest BCUT2D eigenvalue weighted by molar-refractivity contribution is 5.29. The number of hydrogen-bond acceptors (Lipinski definition) is 4. The Morgan fingerprint density at radius 3 is 2.70 bits per heavy atom. The average Bonchev–Trinajstić information content (AvgIpc) is 2.55. The predicted octanol–water partition coefficient (Wildman–Crippen LogP) is 2.66. The second kappa shape index (κ2) is 6.48. The summed E-state index contributed by atoms with van der Waals surface area (Å²) in [4.78, 5) is 10.8. The average molecular weight is 269 g/mol. The Morgan fingerprint density at radius 1 is 1.10 bits per heavy atom. The number of rotatable bonds is 4. The van der Waals surface area contributed by atoms with Crippen LogP contribution in [0.5, 0.6) is 0 Å². The molecule has 3 rings (SSSR count). The van der Waals surface area contributed by atoms with Crippen molar-refractivity contribution in [3.05, 3.63) is 54.4 Å². The molecule has 2 heterocycles. The molecule has 0 unspecified atom stereocenters. The molecule has 1 aromatic heterocycles. The molecular formula is C16H19N3O. The molecule has 0 amide bonds. The van der Waals surface area contributed by atoms with E-state index in [0.717, 1.165) is 31.9 Å². The normalized spacial score (nSPS) is 19.0. The van der Waals surface area contributed by atoms with E-state index in [0.29, 0.717) is 6.61 Å². The van der Waals surface area contributed by atoms with Crippen LogP contribution in [-0.2, 0) is 11.3 Å². The molecule has 2 aromatic rings. The van der Waals surface area contributed by atoms with E-state index in [2.05, 4.69) is 27.0 Å². The van der Waals surface area contributed by atoms with Crippen LogP contribution in [0.15, 0.2) is 48.8 Å². The maximum absolute atomic E-state index is 6.02. The number of piperidine rings is 1. The van der Waals surface area contributed by atoms with Crippen LogP contribution in [0, 0.1) is 0 Å². The third-order valence-electron chi connectivity index (χ3n) is 3.54. The van der Waals surface area contributed by atoms with Gasteiger partial charge in [-0.1, -0.05) is 30.3 Å². The van der Waals surface area contributed by atoms with Gasteiger partial charge >= 0.3 is 0 Å². The van der Waals surface area contributed by atoms with Crippen molar-refractivity contribution >= 4 is 5.95 Å². The van der Waals surface area contributed by atoms with Gasteiger partial charge in [0, 0.05) is 25.5 Å². The first kappa shape index (κ1) is 13.1. The zero-order chi connectivity index (χ0) is 13.6. The quantitative estimate of drug-likeness (QED) is 0.855. The number of benzene rings is 1. The summed E-state index contributed by atoms with van der Waals surface area (Å²) < 4.78 is 6.02. The molecule has 1 aromatic carbocycles. The van der Waals surface area contributed by atoms with E-state index in [1.807, 2.05) is 24.3 Å². The number of aromatic nitrogens is 2. The molecule has 20 heavy (non-hydrogen) atoms. The minimum absolute atomic E-state index is 0.257. The summed E-state index contributed by atoms with van der Waals surface area (Å²) in [5.74, 6) is 0.806. The lowest BCUT2D eigenvalue weighted by atomic mass is 10.1. The van der Waals surface area contributed by atoms with E-state index in [4.69, 9.17) is 4.74 Å². The molecule has 4 nitrogen and oxygen atoms in total. The number of hydrogen-bond donors (Lipinski definition) is 0. The van der Waals surface area contributed by atoms with Gasteiger partial charge in [0.1, 0.15) is 0 Å². The number of anilines is 1. The van der Waals surface area contributed by atoms with E-state index < -0.39 is 0 Å². The van der Waals surface area contributed by atoms with E-state index in [9.17, 15) is 0 Å². The summed E-state index contributed by atoms with van der Waals surface area (Å²) in [5, 5.41) is 0. The molecule has 0 spiro atoms.